The Bertz CT molecular complexity index is 444. The van der Waals surface area contributed by atoms with E-state index in [1.807, 2.05) is 19.1 Å². The van der Waals surface area contributed by atoms with E-state index < -0.39 is 5.60 Å². The predicted molar refractivity (Wildman–Crippen MR) is 75.0 cm³/mol. The van der Waals surface area contributed by atoms with Crippen molar-refractivity contribution in [1.29, 1.82) is 0 Å². The van der Waals surface area contributed by atoms with Gasteiger partial charge in [0.15, 0.2) is 0 Å². The highest BCUT2D eigenvalue weighted by Gasteiger charge is 2.28. The largest absolute Gasteiger partial charge is 0.381 e. The molecule has 100 valence electrons. The lowest BCUT2D eigenvalue weighted by atomic mass is 9.99. The number of likely N-dealkylation sites (N-methyl/N-ethyl adjacent to an activating group) is 1. The zero-order valence-corrected chi connectivity index (χ0v) is 12.1. The number of amides is 1. The maximum Gasteiger partial charge on any atom is 0.258 e. The molecule has 0 aliphatic carbocycles. The fourth-order valence-electron chi connectivity index (χ4n) is 1.87. The van der Waals surface area contributed by atoms with Crippen LogP contribution in [0.2, 0.25) is 0 Å². The van der Waals surface area contributed by atoms with Crippen LogP contribution in [-0.4, -0.2) is 23.7 Å². The Morgan fingerprint density at radius 1 is 1.33 bits per heavy atom. The van der Waals surface area contributed by atoms with Gasteiger partial charge < -0.3 is 10.0 Å². The molecule has 1 rings (SSSR count). The molecule has 1 aromatic rings. The minimum atomic E-state index is -1.35. The Morgan fingerprint density at radius 3 is 2.33 bits per heavy atom. The first-order chi connectivity index (χ1) is 8.14. The Hall–Kier alpha value is -1.35. The average molecular weight is 249 g/mol. The van der Waals surface area contributed by atoms with Crippen LogP contribution >= 0.6 is 0 Å². The van der Waals surface area contributed by atoms with Gasteiger partial charge in [0.1, 0.15) is 5.60 Å². The maximum atomic E-state index is 12.1. The molecule has 1 N–H and O–H groups in total. The molecule has 0 aliphatic rings. The molecule has 0 spiro atoms. The topological polar surface area (TPSA) is 40.5 Å². The van der Waals surface area contributed by atoms with Crippen molar-refractivity contribution in [2.24, 2.45) is 0 Å². The normalized spacial score (nSPS) is 11.8. The van der Waals surface area contributed by atoms with Crippen molar-refractivity contribution in [3.05, 3.63) is 29.3 Å². The van der Waals surface area contributed by atoms with Crippen LogP contribution in [0.3, 0.4) is 0 Å². The Morgan fingerprint density at radius 2 is 1.89 bits per heavy atom. The van der Waals surface area contributed by atoms with Crippen molar-refractivity contribution >= 4 is 11.6 Å². The van der Waals surface area contributed by atoms with Crippen LogP contribution in [0.25, 0.3) is 0 Å². The molecule has 1 aromatic carbocycles. The Balaban J connectivity index is 3.16. The molecule has 0 radical (unpaired) electrons. The fourth-order valence-corrected chi connectivity index (χ4v) is 1.87. The molecule has 3 heteroatoms. The summed E-state index contributed by atoms with van der Waals surface area (Å²) in [6, 6.07) is 6.11. The van der Waals surface area contributed by atoms with Crippen LogP contribution in [0.5, 0.6) is 0 Å². The van der Waals surface area contributed by atoms with Gasteiger partial charge in [-0.05, 0) is 43.9 Å². The Labute approximate surface area is 109 Å². The summed E-state index contributed by atoms with van der Waals surface area (Å²) in [7, 11) is 1.70. The van der Waals surface area contributed by atoms with E-state index in [1.54, 1.807) is 7.05 Å². The highest BCUT2D eigenvalue weighted by Crippen LogP contribution is 2.26. The van der Waals surface area contributed by atoms with E-state index in [0.717, 1.165) is 11.3 Å². The van der Waals surface area contributed by atoms with Crippen LogP contribution in [0.1, 0.15) is 44.7 Å². The number of anilines is 1. The van der Waals surface area contributed by atoms with Gasteiger partial charge in [0.25, 0.3) is 5.91 Å². The van der Waals surface area contributed by atoms with Gasteiger partial charge in [-0.25, -0.2) is 0 Å². The van der Waals surface area contributed by atoms with Crippen LogP contribution in [0.4, 0.5) is 5.69 Å². The molecule has 0 unspecified atom stereocenters. The molecular weight excluding hydrogens is 226 g/mol. The van der Waals surface area contributed by atoms with Crippen LogP contribution < -0.4 is 4.90 Å². The highest BCUT2D eigenvalue weighted by molar-refractivity contribution is 5.98. The van der Waals surface area contributed by atoms with E-state index in [-0.39, 0.29) is 5.91 Å². The summed E-state index contributed by atoms with van der Waals surface area (Å²) in [6.07, 6.45) is 0. The lowest BCUT2D eigenvalue weighted by molar-refractivity contribution is -0.133. The fraction of sp³-hybridized carbons (Fsp3) is 0.533. The van der Waals surface area contributed by atoms with E-state index in [4.69, 9.17) is 0 Å². The van der Waals surface area contributed by atoms with Crippen molar-refractivity contribution < 1.29 is 9.90 Å². The van der Waals surface area contributed by atoms with Gasteiger partial charge in [-0.1, -0.05) is 26.0 Å². The van der Waals surface area contributed by atoms with Crippen LogP contribution in [0.15, 0.2) is 18.2 Å². The van der Waals surface area contributed by atoms with Gasteiger partial charge in [-0.2, -0.15) is 0 Å². The second-order valence-electron chi connectivity index (χ2n) is 5.62. The molecule has 0 aromatic heterocycles. The predicted octanol–water partition coefficient (Wildman–Crippen LogP) is 2.85. The molecular formula is C15H23NO2. The van der Waals surface area contributed by atoms with E-state index in [2.05, 4.69) is 19.9 Å². The van der Waals surface area contributed by atoms with Gasteiger partial charge in [0.05, 0.1) is 0 Å². The van der Waals surface area contributed by atoms with E-state index in [0.29, 0.717) is 5.92 Å². The second kappa shape index (κ2) is 5.11. The summed E-state index contributed by atoms with van der Waals surface area (Å²) >= 11 is 0. The molecule has 18 heavy (non-hydrogen) atoms. The monoisotopic (exact) mass is 249 g/mol. The molecule has 0 aliphatic heterocycles. The minimum Gasteiger partial charge on any atom is -0.381 e. The average Bonchev–Trinajstić information content (AvgIpc) is 2.26. The summed E-state index contributed by atoms with van der Waals surface area (Å²) < 4.78 is 0. The van der Waals surface area contributed by atoms with Crippen LogP contribution in [-0.2, 0) is 4.79 Å². The number of carbonyl (C=O) groups excluding carboxylic acids is 1. The highest BCUT2D eigenvalue weighted by atomic mass is 16.3. The summed E-state index contributed by atoms with van der Waals surface area (Å²) in [6.45, 7) is 9.22. The van der Waals surface area contributed by atoms with Crippen LogP contribution in [0, 0.1) is 6.92 Å². The summed E-state index contributed by atoms with van der Waals surface area (Å²) in [5.74, 6) is 0.112. The van der Waals surface area contributed by atoms with Gasteiger partial charge in [0.2, 0.25) is 0 Å². The first kappa shape index (κ1) is 14.7. The SMILES string of the molecule is Cc1ccc(C(C)C)cc1N(C)C(=O)C(C)(C)O. The van der Waals surface area contributed by atoms with E-state index in [9.17, 15) is 9.90 Å². The number of hydrogen-bond donors (Lipinski definition) is 1. The molecule has 0 saturated carbocycles. The number of carbonyl (C=O) groups is 1. The Kier molecular flexibility index (Phi) is 4.17. The van der Waals surface area contributed by atoms with Gasteiger partial charge >= 0.3 is 0 Å². The number of aryl methyl sites for hydroxylation is 1. The molecule has 0 saturated heterocycles. The molecule has 0 fully saturated rings. The van der Waals surface area contributed by atoms with Gasteiger partial charge in [-0.15, -0.1) is 0 Å². The summed E-state index contributed by atoms with van der Waals surface area (Å²) in [5.41, 5.74) is 1.72. The number of rotatable bonds is 3. The third-order valence-electron chi connectivity index (χ3n) is 3.09. The lowest BCUT2D eigenvalue weighted by Crippen LogP contribution is -2.43. The molecule has 3 nitrogen and oxygen atoms in total. The van der Waals surface area contributed by atoms with Crippen molar-refractivity contribution in [2.75, 3.05) is 11.9 Å². The van der Waals surface area contributed by atoms with Crippen molar-refractivity contribution in [2.45, 2.75) is 46.1 Å². The van der Waals surface area contributed by atoms with Crippen molar-refractivity contribution in [1.82, 2.24) is 0 Å². The lowest BCUT2D eigenvalue weighted by Gasteiger charge is -2.27. The minimum absolute atomic E-state index is 0.300. The maximum absolute atomic E-state index is 12.1. The zero-order valence-electron chi connectivity index (χ0n) is 12.1. The third-order valence-corrected chi connectivity index (χ3v) is 3.09. The molecule has 0 heterocycles. The number of aliphatic hydroxyl groups is 1. The van der Waals surface area contributed by atoms with Gasteiger partial charge in [-0.3, -0.25) is 4.79 Å². The standard InChI is InChI=1S/C15H23NO2/c1-10(2)12-8-7-11(3)13(9-12)16(6)14(17)15(4,5)18/h7-10,18H,1-6H3. The zero-order chi connectivity index (χ0) is 14.1. The third kappa shape index (κ3) is 3.10. The number of benzene rings is 1. The first-order valence-corrected chi connectivity index (χ1v) is 6.25. The molecule has 0 atom stereocenters. The van der Waals surface area contributed by atoms with Gasteiger partial charge in [0, 0.05) is 12.7 Å². The quantitative estimate of drug-likeness (QED) is 0.895. The molecule has 0 bridgehead atoms. The van der Waals surface area contributed by atoms with Crippen molar-refractivity contribution in [3.8, 4) is 0 Å². The van der Waals surface area contributed by atoms with Crippen molar-refractivity contribution in [3.63, 3.8) is 0 Å². The first-order valence-electron chi connectivity index (χ1n) is 6.25. The smallest absolute Gasteiger partial charge is 0.258 e. The number of hydrogen-bond acceptors (Lipinski definition) is 2. The summed E-state index contributed by atoms with van der Waals surface area (Å²) in [5, 5.41) is 9.80. The molecule has 1 amide bonds. The van der Waals surface area contributed by atoms with E-state index >= 15 is 0 Å². The second-order valence-corrected chi connectivity index (χ2v) is 5.62. The number of nitrogens with zero attached hydrogens (tertiary/aromatic N) is 1. The summed E-state index contributed by atoms with van der Waals surface area (Å²) in [4.78, 5) is 13.6. The van der Waals surface area contributed by atoms with E-state index in [1.165, 1.54) is 24.3 Å².